The highest BCUT2D eigenvalue weighted by Crippen LogP contribution is 2.14. The van der Waals surface area contributed by atoms with Crippen LogP contribution in [0.5, 0.6) is 0 Å². The van der Waals surface area contributed by atoms with Crippen molar-refractivity contribution in [1.29, 1.82) is 0 Å². The summed E-state index contributed by atoms with van der Waals surface area (Å²) in [5, 5.41) is 0. The van der Waals surface area contributed by atoms with Gasteiger partial charge in [0.15, 0.2) is 0 Å². The Morgan fingerprint density at radius 3 is 2.27 bits per heavy atom. The lowest BCUT2D eigenvalue weighted by atomic mass is 10.2. The van der Waals surface area contributed by atoms with E-state index in [1.165, 1.54) is 5.57 Å². The van der Waals surface area contributed by atoms with Gasteiger partial charge in [0.2, 0.25) is 0 Å². The number of rotatable bonds is 3. The van der Waals surface area contributed by atoms with E-state index in [9.17, 15) is 0 Å². The molecule has 0 saturated carbocycles. The quantitative estimate of drug-likeness (QED) is 0.619. The first kappa shape index (κ1) is 10.7. The van der Waals surface area contributed by atoms with E-state index in [2.05, 4.69) is 42.4 Å². The van der Waals surface area contributed by atoms with Crippen molar-refractivity contribution in [2.24, 2.45) is 0 Å². The normalized spacial score (nSPS) is 13.5. The Morgan fingerprint density at radius 1 is 1.36 bits per heavy atom. The van der Waals surface area contributed by atoms with Crippen LogP contribution in [0.25, 0.3) is 0 Å². The fourth-order valence-corrected chi connectivity index (χ4v) is 0.608. The molecule has 0 aliphatic rings. The molecular weight excluding hydrogens is 200 g/mol. The molecule has 0 aromatic carbocycles. The van der Waals surface area contributed by atoms with E-state index in [4.69, 9.17) is 0 Å². The SMILES string of the molecule is C=C(C)/C(Br)=C\C=C(/C)CC. The maximum atomic E-state index is 3.81. The van der Waals surface area contributed by atoms with E-state index in [-0.39, 0.29) is 0 Å². The Labute approximate surface area is 77.8 Å². The molecule has 0 aliphatic carbocycles. The summed E-state index contributed by atoms with van der Waals surface area (Å²) in [6.45, 7) is 10.1. The molecule has 0 unspecified atom stereocenters. The average Bonchev–Trinajstić information content (AvgIpc) is 1.99. The molecule has 0 aliphatic heterocycles. The Bertz CT molecular complexity index is 197. The van der Waals surface area contributed by atoms with Gasteiger partial charge in [-0.05, 0) is 31.9 Å². The summed E-state index contributed by atoms with van der Waals surface area (Å²) in [6, 6.07) is 0. The molecule has 0 saturated heterocycles. The lowest BCUT2D eigenvalue weighted by molar-refractivity contribution is 1.10. The molecule has 0 amide bonds. The summed E-state index contributed by atoms with van der Waals surface area (Å²) < 4.78 is 1.07. The van der Waals surface area contributed by atoms with Gasteiger partial charge in [0.05, 0.1) is 0 Å². The summed E-state index contributed by atoms with van der Waals surface area (Å²) in [4.78, 5) is 0. The second-order valence-corrected chi connectivity index (χ2v) is 3.52. The van der Waals surface area contributed by atoms with Crippen LogP contribution in [0.2, 0.25) is 0 Å². The first-order valence-corrected chi connectivity index (χ1v) is 4.56. The van der Waals surface area contributed by atoms with Crippen molar-refractivity contribution in [2.75, 3.05) is 0 Å². The fourth-order valence-electron chi connectivity index (χ4n) is 0.476. The molecule has 0 N–H and O–H groups in total. The van der Waals surface area contributed by atoms with Crippen molar-refractivity contribution >= 4 is 15.9 Å². The van der Waals surface area contributed by atoms with Crippen LogP contribution in [0.4, 0.5) is 0 Å². The van der Waals surface area contributed by atoms with Crippen molar-refractivity contribution < 1.29 is 0 Å². The number of allylic oxidation sites excluding steroid dienone is 5. The van der Waals surface area contributed by atoms with Gasteiger partial charge in [0, 0.05) is 4.48 Å². The van der Waals surface area contributed by atoms with E-state index in [1.807, 2.05) is 13.0 Å². The van der Waals surface area contributed by atoms with Crippen molar-refractivity contribution in [3.8, 4) is 0 Å². The zero-order chi connectivity index (χ0) is 8.85. The summed E-state index contributed by atoms with van der Waals surface area (Å²) in [5.74, 6) is 0. The second kappa shape index (κ2) is 5.36. The molecule has 0 radical (unpaired) electrons. The van der Waals surface area contributed by atoms with Crippen LogP contribution in [0.15, 0.2) is 34.4 Å². The first-order chi connectivity index (χ1) is 5.07. The fraction of sp³-hybridized carbons (Fsp3) is 0.400. The maximum Gasteiger partial charge on any atom is 0.0198 e. The predicted molar refractivity (Wildman–Crippen MR) is 55.9 cm³/mol. The molecule has 0 heterocycles. The molecule has 1 heteroatoms. The van der Waals surface area contributed by atoms with Crippen LogP contribution in [-0.4, -0.2) is 0 Å². The third kappa shape index (κ3) is 5.02. The zero-order valence-electron chi connectivity index (χ0n) is 7.45. The van der Waals surface area contributed by atoms with E-state index in [0.717, 1.165) is 16.5 Å². The standard InChI is InChI=1S/C10H15Br/c1-5-9(4)6-7-10(11)8(2)3/h6-7H,2,5H2,1,3-4H3/b9-6+,10-7+. The molecule has 0 aromatic heterocycles. The van der Waals surface area contributed by atoms with Gasteiger partial charge in [0.25, 0.3) is 0 Å². The highest BCUT2D eigenvalue weighted by molar-refractivity contribution is 9.12. The minimum absolute atomic E-state index is 1.06. The average molecular weight is 215 g/mol. The Kier molecular flexibility index (Phi) is 5.22. The van der Waals surface area contributed by atoms with Gasteiger partial charge >= 0.3 is 0 Å². The topological polar surface area (TPSA) is 0 Å². The molecule has 0 aromatic rings. The van der Waals surface area contributed by atoms with Gasteiger partial charge in [-0.3, -0.25) is 0 Å². The van der Waals surface area contributed by atoms with Crippen LogP contribution in [-0.2, 0) is 0 Å². The minimum atomic E-state index is 1.06. The Hall–Kier alpha value is -0.300. The van der Waals surface area contributed by atoms with Gasteiger partial charge in [-0.15, -0.1) is 0 Å². The zero-order valence-corrected chi connectivity index (χ0v) is 9.03. The lowest BCUT2D eigenvalue weighted by Gasteiger charge is -1.94. The van der Waals surface area contributed by atoms with Crippen LogP contribution in [0, 0.1) is 0 Å². The summed E-state index contributed by atoms with van der Waals surface area (Å²) in [5.41, 5.74) is 2.44. The summed E-state index contributed by atoms with van der Waals surface area (Å²) in [6.07, 6.45) is 5.26. The summed E-state index contributed by atoms with van der Waals surface area (Å²) >= 11 is 3.42. The van der Waals surface area contributed by atoms with E-state index < -0.39 is 0 Å². The molecule has 0 fully saturated rings. The molecule has 0 bridgehead atoms. The predicted octanol–water partition coefficient (Wildman–Crippen LogP) is 4.20. The van der Waals surface area contributed by atoms with Gasteiger partial charge in [-0.1, -0.05) is 41.1 Å². The van der Waals surface area contributed by atoms with Crippen molar-refractivity contribution in [1.82, 2.24) is 0 Å². The smallest absolute Gasteiger partial charge is 0.0198 e. The van der Waals surface area contributed by atoms with E-state index >= 15 is 0 Å². The third-order valence-corrected chi connectivity index (χ3v) is 2.42. The van der Waals surface area contributed by atoms with E-state index in [0.29, 0.717) is 0 Å². The van der Waals surface area contributed by atoms with Crippen molar-refractivity contribution in [3.05, 3.63) is 34.4 Å². The molecule has 0 nitrogen and oxygen atoms in total. The van der Waals surface area contributed by atoms with Crippen molar-refractivity contribution in [3.63, 3.8) is 0 Å². The van der Waals surface area contributed by atoms with Gasteiger partial charge in [-0.25, -0.2) is 0 Å². The van der Waals surface area contributed by atoms with Gasteiger partial charge in [-0.2, -0.15) is 0 Å². The lowest BCUT2D eigenvalue weighted by Crippen LogP contribution is -1.72. The molecule has 0 rings (SSSR count). The number of hydrogen-bond acceptors (Lipinski definition) is 0. The van der Waals surface area contributed by atoms with Crippen LogP contribution < -0.4 is 0 Å². The monoisotopic (exact) mass is 214 g/mol. The summed E-state index contributed by atoms with van der Waals surface area (Å²) in [7, 11) is 0. The Morgan fingerprint density at radius 2 is 1.91 bits per heavy atom. The molecule has 62 valence electrons. The minimum Gasteiger partial charge on any atom is -0.0950 e. The highest BCUT2D eigenvalue weighted by Gasteiger charge is 1.88. The first-order valence-electron chi connectivity index (χ1n) is 3.76. The molecular formula is C10H15Br. The number of hydrogen-bond donors (Lipinski definition) is 0. The second-order valence-electron chi connectivity index (χ2n) is 2.66. The largest absolute Gasteiger partial charge is 0.0950 e. The maximum absolute atomic E-state index is 3.81. The van der Waals surface area contributed by atoms with Crippen LogP contribution in [0.3, 0.4) is 0 Å². The van der Waals surface area contributed by atoms with Gasteiger partial charge in [0.1, 0.15) is 0 Å². The van der Waals surface area contributed by atoms with E-state index in [1.54, 1.807) is 0 Å². The molecule has 0 atom stereocenters. The van der Waals surface area contributed by atoms with Crippen LogP contribution in [0.1, 0.15) is 27.2 Å². The molecule has 11 heavy (non-hydrogen) atoms. The van der Waals surface area contributed by atoms with Crippen molar-refractivity contribution in [2.45, 2.75) is 27.2 Å². The number of halogens is 1. The Balaban J connectivity index is 4.22. The van der Waals surface area contributed by atoms with Crippen LogP contribution >= 0.6 is 15.9 Å². The highest BCUT2D eigenvalue weighted by atomic mass is 79.9. The third-order valence-electron chi connectivity index (χ3n) is 1.48. The molecule has 0 spiro atoms. The van der Waals surface area contributed by atoms with Gasteiger partial charge < -0.3 is 0 Å².